The van der Waals surface area contributed by atoms with E-state index in [0.717, 1.165) is 28.5 Å². The van der Waals surface area contributed by atoms with Gasteiger partial charge in [0.1, 0.15) is 5.75 Å². The number of benzene rings is 2. The Morgan fingerprint density at radius 1 is 0.960 bits per heavy atom. The lowest BCUT2D eigenvalue weighted by Crippen LogP contribution is -2.14. The zero-order valence-electron chi connectivity index (χ0n) is 13.8. The van der Waals surface area contributed by atoms with Gasteiger partial charge in [0.15, 0.2) is 0 Å². The lowest BCUT2D eigenvalue weighted by atomic mass is 10.0. The molecule has 0 unspecified atom stereocenters. The molecule has 132 valence electrons. The Morgan fingerprint density at radius 2 is 1.52 bits per heavy atom. The van der Waals surface area contributed by atoms with Crippen molar-refractivity contribution in [3.05, 3.63) is 60.2 Å². The predicted molar refractivity (Wildman–Crippen MR) is 96.3 cm³/mol. The van der Waals surface area contributed by atoms with Gasteiger partial charge in [0.05, 0.1) is 6.61 Å². The highest BCUT2D eigenvalue weighted by Gasteiger charge is 2.06. The SMILES string of the molecule is O=C(O)/C=C/c1ccc(-c2ccc(OCCC(CO)CO)cc2)cc1. The Morgan fingerprint density at radius 3 is 2.04 bits per heavy atom. The second-order valence-electron chi connectivity index (χ2n) is 5.69. The molecular weight excluding hydrogens is 320 g/mol. The van der Waals surface area contributed by atoms with Crippen molar-refractivity contribution in [2.24, 2.45) is 5.92 Å². The molecule has 2 aromatic rings. The van der Waals surface area contributed by atoms with Gasteiger partial charge in [-0.25, -0.2) is 4.79 Å². The van der Waals surface area contributed by atoms with Crippen LogP contribution in [0.1, 0.15) is 12.0 Å². The zero-order chi connectivity index (χ0) is 18.1. The fraction of sp³-hybridized carbons (Fsp3) is 0.250. The minimum atomic E-state index is -0.969. The molecular formula is C20H22O5. The van der Waals surface area contributed by atoms with Crippen LogP contribution >= 0.6 is 0 Å². The highest BCUT2D eigenvalue weighted by molar-refractivity contribution is 5.85. The highest BCUT2D eigenvalue weighted by atomic mass is 16.5. The molecule has 0 radical (unpaired) electrons. The van der Waals surface area contributed by atoms with Crippen LogP contribution in [0.25, 0.3) is 17.2 Å². The summed E-state index contributed by atoms with van der Waals surface area (Å²) in [6.45, 7) is 0.350. The minimum Gasteiger partial charge on any atom is -0.494 e. The molecule has 3 N–H and O–H groups in total. The van der Waals surface area contributed by atoms with Gasteiger partial charge in [-0.3, -0.25) is 0 Å². The van der Waals surface area contributed by atoms with E-state index in [-0.39, 0.29) is 19.1 Å². The van der Waals surface area contributed by atoms with Gasteiger partial charge < -0.3 is 20.1 Å². The molecule has 0 amide bonds. The Kier molecular flexibility index (Phi) is 7.19. The first-order chi connectivity index (χ1) is 12.1. The number of carboxylic acid groups (broad SMARTS) is 1. The molecule has 0 fully saturated rings. The van der Waals surface area contributed by atoms with E-state index in [0.29, 0.717) is 13.0 Å². The van der Waals surface area contributed by atoms with Gasteiger partial charge in [-0.1, -0.05) is 36.4 Å². The van der Waals surface area contributed by atoms with Crippen LogP contribution in [-0.2, 0) is 4.79 Å². The fourth-order valence-electron chi connectivity index (χ4n) is 2.28. The Bertz CT molecular complexity index is 685. The van der Waals surface area contributed by atoms with Crippen molar-refractivity contribution in [1.82, 2.24) is 0 Å². The first-order valence-electron chi connectivity index (χ1n) is 8.08. The van der Waals surface area contributed by atoms with Gasteiger partial charge in [0, 0.05) is 25.2 Å². The summed E-state index contributed by atoms with van der Waals surface area (Å²) in [5, 5.41) is 26.7. The topological polar surface area (TPSA) is 87.0 Å². The maximum Gasteiger partial charge on any atom is 0.328 e. The fourth-order valence-corrected chi connectivity index (χ4v) is 2.28. The number of carboxylic acids is 1. The summed E-state index contributed by atoms with van der Waals surface area (Å²) in [6, 6.07) is 15.3. The first kappa shape index (κ1) is 18.7. The van der Waals surface area contributed by atoms with Crippen LogP contribution in [0.5, 0.6) is 5.75 Å². The first-order valence-corrected chi connectivity index (χ1v) is 8.08. The number of hydrogen-bond donors (Lipinski definition) is 3. The maximum absolute atomic E-state index is 10.5. The van der Waals surface area contributed by atoms with E-state index >= 15 is 0 Å². The Labute approximate surface area is 146 Å². The smallest absolute Gasteiger partial charge is 0.328 e. The average Bonchev–Trinajstić information content (AvgIpc) is 2.64. The van der Waals surface area contributed by atoms with Crippen molar-refractivity contribution in [1.29, 1.82) is 0 Å². The normalized spacial score (nSPS) is 11.2. The molecule has 0 saturated carbocycles. The molecule has 0 saturated heterocycles. The molecule has 0 aromatic heterocycles. The van der Waals surface area contributed by atoms with E-state index in [1.807, 2.05) is 48.5 Å². The molecule has 0 heterocycles. The van der Waals surface area contributed by atoms with Crippen molar-refractivity contribution in [3.8, 4) is 16.9 Å². The minimum absolute atomic E-state index is 0.0452. The quantitative estimate of drug-likeness (QED) is 0.610. The number of ether oxygens (including phenoxy) is 1. The summed E-state index contributed by atoms with van der Waals surface area (Å²) in [7, 11) is 0. The molecule has 0 aliphatic rings. The molecule has 25 heavy (non-hydrogen) atoms. The molecule has 2 rings (SSSR count). The lowest BCUT2D eigenvalue weighted by Gasteiger charge is -2.12. The molecule has 0 atom stereocenters. The van der Waals surface area contributed by atoms with E-state index in [4.69, 9.17) is 20.1 Å². The third kappa shape index (κ3) is 6.06. The van der Waals surface area contributed by atoms with Crippen molar-refractivity contribution in [3.63, 3.8) is 0 Å². The molecule has 0 aliphatic carbocycles. The summed E-state index contributed by atoms with van der Waals surface area (Å²) >= 11 is 0. The summed E-state index contributed by atoms with van der Waals surface area (Å²) in [5.41, 5.74) is 2.89. The monoisotopic (exact) mass is 342 g/mol. The molecule has 0 aliphatic heterocycles. The summed E-state index contributed by atoms with van der Waals surface area (Å²) < 4.78 is 5.62. The van der Waals surface area contributed by atoms with E-state index in [9.17, 15) is 4.79 Å². The van der Waals surface area contributed by atoms with Gasteiger partial charge >= 0.3 is 5.97 Å². The number of aliphatic hydroxyl groups is 2. The van der Waals surface area contributed by atoms with Gasteiger partial charge in [0.25, 0.3) is 0 Å². The third-order valence-corrected chi connectivity index (χ3v) is 3.83. The Hall–Kier alpha value is -2.63. The number of rotatable bonds is 9. The Balaban J connectivity index is 1.94. The molecule has 2 aromatic carbocycles. The van der Waals surface area contributed by atoms with E-state index < -0.39 is 5.97 Å². The molecule has 0 spiro atoms. The van der Waals surface area contributed by atoms with Crippen LogP contribution < -0.4 is 4.74 Å². The highest BCUT2D eigenvalue weighted by Crippen LogP contribution is 2.23. The van der Waals surface area contributed by atoms with Crippen molar-refractivity contribution in [2.45, 2.75) is 6.42 Å². The molecule has 5 heteroatoms. The van der Waals surface area contributed by atoms with Crippen LogP contribution in [0.2, 0.25) is 0 Å². The van der Waals surface area contributed by atoms with Crippen LogP contribution in [-0.4, -0.2) is 41.1 Å². The van der Waals surface area contributed by atoms with Crippen molar-refractivity contribution < 1.29 is 24.9 Å². The third-order valence-electron chi connectivity index (χ3n) is 3.83. The van der Waals surface area contributed by atoms with E-state index in [1.54, 1.807) is 6.08 Å². The predicted octanol–water partition coefficient (Wildman–Crippen LogP) is 2.82. The summed E-state index contributed by atoms with van der Waals surface area (Å²) in [6.07, 6.45) is 3.26. The summed E-state index contributed by atoms with van der Waals surface area (Å²) in [5.74, 6) is -0.378. The maximum atomic E-state index is 10.5. The van der Waals surface area contributed by atoms with Gasteiger partial charge in [0.2, 0.25) is 0 Å². The molecule has 5 nitrogen and oxygen atoms in total. The lowest BCUT2D eigenvalue weighted by molar-refractivity contribution is -0.131. The van der Waals surface area contributed by atoms with E-state index in [2.05, 4.69) is 0 Å². The second kappa shape index (κ2) is 9.61. The summed E-state index contributed by atoms with van der Waals surface area (Å²) in [4.78, 5) is 10.5. The van der Waals surface area contributed by atoms with Crippen LogP contribution in [0.15, 0.2) is 54.6 Å². The largest absolute Gasteiger partial charge is 0.494 e. The number of carbonyl (C=O) groups is 1. The average molecular weight is 342 g/mol. The van der Waals surface area contributed by atoms with Crippen LogP contribution in [0.4, 0.5) is 0 Å². The van der Waals surface area contributed by atoms with Crippen molar-refractivity contribution in [2.75, 3.05) is 19.8 Å². The zero-order valence-corrected chi connectivity index (χ0v) is 13.8. The standard InChI is InChI=1S/C20H22O5/c21-13-16(14-22)11-12-25-19-8-6-18(7-9-19)17-4-1-15(2-5-17)3-10-20(23)24/h1-10,16,21-22H,11-14H2,(H,23,24)/b10-3+. The molecule has 0 bridgehead atoms. The van der Waals surface area contributed by atoms with E-state index in [1.165, 1.54) is 0 Å². The van der Waals surface area contributed by atoms with Crippen molar-refractivity contribution >= 4 is 12.0 Å². The number of aliphatic carboxylic acids is 1. The number of aliphatic hydroxyl groups excluding tert-OH is 2. The van der Waals surface area contributed by atoms with Crippen LogP contribution in [0, 0.1) is 5.92 Å². The van der Waals surface area contributed by atoms with Gasteiger partial charge in [-0.05, 0) is 41.3 Å². The van der Waals surface area contributed by atoms with Gasteiger partial charge in [-0.2, -0.15) is 0 Å². The van der Waals surface area contributed by atoms with Crippen LogP contribution in [0.3, 0.4) is 0 Å². The second-order valence-corrected chi connectivity index (χ2v) is 5.69. The van der Waals surface area contributed by atoms with Gasteiger partial charge in [-0.15, -0.1) is 0 Å². The number of hydrogen-bond acceptors (Lipinski definition) is 4.